The van der Waals surface area contributed by atoms with Gasteiger partial charge in [-0.05, 0) is 64.2 Å². The summed E-state index contributed by atoms with van der Waals surface area (Å²) in [5.74, 6) is -0.867. The number of carbonyl (C=O) groups excluding carboxylic acids is 1. The first-order chi connectivity index (χ1) is 11.6. The Balaban J connectivity index is 2.57. The lowest BCUT2D eigenvalue weighted by molar-refractivity contribution is -0.293. The van der Waals surface area contributed by atoms with Crippen molar-refractivity contribution < 1.29 is 9.53 Å². The van der Waals surface area contributed by atoms with Crippen molar-refractivity contribution in [2.75, 3.05) is 13.1 Å². The number of rotatable bonds is 3. The normalized spacial score (nSPS) is 28.5. The van der Waals surface area contributed by atoms with Crippen LogP contribution in [0.15, 0.2) is 0 Å². The number of amides is 1. The van der Waals surface area contributed by atoms with Crippen molar-refractivity contribution in [2.45, 2.75) is 105 Å². The Bertz CT molecular complexity index is 513. The van der Waals surface area contributed by atoms with E-state index in [-0.39, 0.29) is 21.9 Å². The van der Waals surface area contributed by atoms with Crippen LogP contribution in [0.4, 0.5) is 4.79 Å². The predicted molar refractivity (Wildman–Crippen MR) is 107 cm³/mol. The smallest absolute Gasteiger partial charge is 0.407 e. The molecular formula is C21H41N3O2. The molecule has 0 spiro atoms. The monoisotopic (exact) mass is 367 g/mol. The number of hydrogen-bond acceptors (Lipinski definition) is 4. The Labute approximate surface area is 160 Å². The number of ether oxygens (including phenoxy) is 1. The van der Waals surface area contributed by atoms with Crippen molar-refractivity contribution in [3.63, 3.8) is 0 Å². The van der Waals surface area contributed by atoms with E-state index in [1.807, 2.05) is 6.92 Å². The van der Waals surface area contributed by atoms with Crippen molar-refractivity contribution in [2.24, 2.45) is 16.6 Å². The van der Waals surface area contributed by atoms with Crippen LogP contribution >= 0.6 is 0 Å². The second-order valence-corrected chi connectivity index (χ2v) is 10.8. The van der Waals surface area contributed by atoms with Crippen LogP contribution in [0.5, 0.6) is 0 Å². The van der Waals surface area contributed by atoms with E-state index < -0.39 is 11.9 Å². The molecule has 0 aromatic carbocycles. The van der Waals surface area contributed by atoms with E-state index in [1.54, 1.807) is 0 Å². The maximum Gasteiger partial charge on any atom is 0.407 e. The molecule has 0 aromatic heterocycles. The third-order valence-corrected chi connectivity index (χ3v) is 8.32. The summed E-state index contributed by atoms with van der Waals surface area (Å²) < 4.78 is 5.97. The van der Waals surface area contributed by atoms with Gasteiger partial charge >= 0.3 is 6.09 Å². The van der Waals surface area contributed by atoms with Gasteiger partial charge in [0, 0.05) is 31.1 Å². The molecule has 2 aliphatic heterocycles. The van der Waals surface area contributed by atoms with Crippen LogP contribution in [-0.2, 0) is 4.74 Å². The standard InChI is InChI=1S/C21H41N3O2/c1-17(2)12-10-14-23(19(17,5)6)21(9,26-16(22)25)24-15-11-13-18(3,4)20(24,7)8/h10-15H2,1-9H3,(H2,22,25). The van der Waals surface area contributed by atoms with Crippen LogP contribution in [0.25, 0.3) is 0 Å². The minimum atomic E-state index is -0.867. The van der Waals surface area contributed by atoms with Gasteiger partial charge in [-0.2, -0.15) is 0 Å². The van der Waals surface area contributed by atoms with Crippen LogP contribution in [0, 0.1) is 10.8 Å². The number of nitrogens with zero attached hydrogens (tertiary/aromatic N) is 2. The van der Waals surface area contributed by atoms with Gasteiger partial charge < -0.3 is 10.5 Å². The molecule has 2 aliphatic rings. The topological polar surface area (TPSA) is 58.8 Å². The van der Waals surface area contributed by atoms with E-state index in [0.29, 0.717) is 0 Å². The van der Waals surface area contributed by atoms with E-state index in [1.165, 1.54) is 0 Å². The first-order valence-corrected chi connectivity index (χ1v) is 10.1. The third kappa shape index (κ3) is 3.15. The van der Waals surface area contributed by atoms with E-state index in [0.717, 1.165) is 38.8 Å². The third-order valence-electron chi connectivity index (χ3n) is 8.32. The van der Waals surface area contributed by atoms with Gasteiger partial charge in [0.1, 0.15) is 0 Å². The minimum absolute atomic E-state index is 0.114. The maximum absolute atomic E-state index is 12.0. The van der Waals surface area contributed by atoms with Gasteiger partial charge in [0.05, 0.1) is 0 Å². The summed E-state index contributed by atoms with van der Waals surface area (Å²) in [5.41, 5.74) is 5.55. The molecule has 2 N–H and O–H groups in total. The van der Waals surface area contributed by atoms with E-state index in [9.17, 15) is 4.79 Å². The first-order valence-electron chi connectivity index (χ1n) is 10.1. The largest absolute Gasteiger partial charge is 0.414 e. The molecule has 0 aliphatic carbocycles. The molecule has 2 saturated heterocycles. The Kier molecular flexibility index (Phi) is 5.27. The lowest BCUT2D eigenvalue weighted by Crippen LogP contribution is -2.76. The van der Waals surface area contributed by atoms with Crippen LogP contribution in [-0.4, -0.2) is 45.9 Å². The number of likely N-dealkylation sites (tertiary alicyclic amines) is 2. The molecule has 1 amide bonds. The summed E-state index contributed by atoms with van der Waals surface area (Å²) in [5, 5.41) is 0. The van der Waals surface area contributed by atoms with Gasteiger partial charge in [0.25, 0.3) is 0 Å². The van der Waals surface area contributed by atoms with Crippen molar-refractivity contribution in [1.82, 2.24) is 9.80 Å². The average Bonchev–Trinajstić information content (AvgIpc) is 2.43. The highest BCUT2D eigenvalue weighted by atomic mass is 16.6. The van der Waals surface area contributed by atoms with Gasteiger partial charge in [-0.1, -0.05) is 27.7 Å². The quantitative estimate of drug-likeness (QED) is 0.794. The summed E-state index contributed by atoms with van der Waals surface area (Å²) in [4.78, 5) is 16.8. The van der Waals surface area contributed by atoms with Crippen molar-refractivity contribution in [3.8, 4) is 0 Å². The Morgan fingerprint density at radius 2 is 1.19 bits per heavy atom. The molecule has 2 heterocycles. The molecule has 0 bridgehead atoms. The highest BCUT2D eigenvalue weighted by molar-refractivity contribution is 5.65. The van der Waals surface area contributed by atoms with Crippen molar-refractivity contribution in [3.05, 3.63) is 0 Å². The summed E-state index contributed by atoms with van der Waals surface area (Å²) >= 11 is 0. The maximum atomic E-state index is 12.0. The van der Waals surface area contributed by atoms with E-state index >= 15 is 0 Å². The molecule has 5 nitrogen and oxygen atoms in total. The molecule has 26 heavy (non-hydrogen) atoms. The fourth-order valence-corrected chi connectivity index (χ4v) is 5.16. The molecule has 2 rings (SSSR count). The predicted octanol–water partition coefficient (Wildman–Crippen LogP) is 4.56. The summed E-state index contributed by atoms with van der Waals surface area (Å²) in [6.07, 6.45) is 3.80. The van der Waals surface area contributed by atoms with Gasteiger partial charge in [-0.25, -0.2) is 14.6 Å². The molecule has 2 fully saturated rings. The van der Waals surface area contributed by atoms with Crippen LogP contribution < -0.4 is 5.73 Å². The Morgan fingerprint density at radius 1 is 0.846 bits per heavy atom. The number of nitrogens with two attached hydrogens (primary N) is 1. The van der Waals surface area contributed by atoms with Gasteiger partial charge in [0.2, 0.25) is 5.85 Å². The fraction of sp³-hybridized carbons (Fsp3) is 0.952. The van der Waals surface area contributed by atoms with Gasteiger partial charge in [-0.3, -0.25) is 0 Å². The molecule has 0 saturated carbocycles. The van der Waals surface area contributed by atoms with E-state index in [4.69, 9.17) is 10.5 Å². The number of piperidine rings is 2. The Hall–Kier alpha value is -0.810. The molecule has 5 heteroatoms. The molecular weight excluding hydrogens is 326 g/mol. The number of primary amides is 1. The minimum Gasteiger partial charge on any atom is -0.414 e. The summed E-state index contributed by atoms with van der Waals surface area (Å²) in [6, 6.07) is 0. The molecule has 0 aromatic rings. The second-order valence-electron chi connectivity index (χ2n) is 10.8. The van der Waals surface area contributed by atoms with E-state index in [2.05, 4.69) is 65.2 Å². The molecule has 0 unspecified atom stereocenters. The molecule has 0 radical (unpaired) electrons. The SMILES string of the molecule is CC(OC(N)=O)(N1CCCC(C)(C)C1(C)C)N1CCCC(C)(C)C1(C)C. The average molecular weight is 368 g/mol. The zero-order valence-electron chi connectivity index (χ0n) is 18.5. The van der Waals surface area contributed by atoms with Gasteiger partial charge in [-0.15, -0.1) is 0 Å². The second kappa shape index (κ2) is 6.37. The van der Waals surface area contributed by atoms with Crippen LogP contribution in [0.3, 0.4) is 0 Å². The first kappa shape index (κ1) is 21.5. The fourth-order valence-electron chi connectivity index (χ4n) is 5.16. The molecule has 152 valence electrons. The van der Waals surface area contributed by atoms with Crippen LogP contribution in [0.1, 0.15) is 88.0 Å². The lowest BCUT2D eigenvalue weighted by Gasteiger charge is -2.65. The Morgan fingerprint density at radius 3 is 1.50 bits per heavy atom. The highest BCUT2D eigenvalue weighted by Gasteiger charge is 2.59. The lowest BCUT2D eigenvalue weighted by atomic mass is 9.65. The van der Waals surface area contributed by atoms with Gasteiger partial charge in [0.15, 0.2) is 0 Å². The summed E-state index contributed by atoms with van der Waals surface area (Å²) in [6.45, 7) is 22.2. The van der Waals surface area contributed by atoms with Crippen LogP contribution in [0.2, 0.25) is 0 Å². The summed E-state index contributed by atoms with van der Waals surface area (Å²) in [7, 11) is 0. The number of carbonyl (C=O) groups is 1. The zero-order chi connectivity index (χ0) is 20.2. The zero-order valence-corrected chi connectivity index (χ0v) is 18.5. The number of hydrogen-bond donors (Lipinski definition) is 1. The highest BCUT2D eigenvalue weighted by Crippen LogP contribution is 2.52. The molecule has 0 atom stereocenters. The van der Waals surface area contributed by atoms with Crippen molar-refractivity contribution in [1.29, 1.82) is 0 Å². The van der Waals surface area contributed by atoms with Crippen molar-refractivity contribution >= 4 is 6.09 Å².